The van der Waals surface area contributed by atoms with Gasteiger partial charge in [-0.25, -0.2) is 9.37 Å². The van der Waals surface area contributed by atoms with E-state index in [1.807, 2.05) is 37.4 Å². The lowest BCUT2D eigenvalue weighted by Crippen LogP contribution is -2.22. The van der Waals surface area contributed by atoms with Crippen molar-refractivity contribution in [3.05, 3.63) is 83.8 Å². The molecule has 154 valence electrons. The number of nitrogens with zero attached hydrogens (tertiary/aromatic N) is 1. The van der Waals surface area contributed by atoms with E-state index in [4.69, 9.17) is 0 Å². The summed E-state index contributed by atoms with van der Waals surface area (Å²) >= 11 is 1.61. The first kappa shape index (κ1) is 19.3. The molecular weight excluding hydrogens is 411 g/mol. The maximum atomic E-state index is 13.1. The zero-order chi connectivity index (χ0) is 21.4. The summed E-state index contributed by atoms with van der Waals surface area (Å²) in [6.07, 6.45) is 1.72. The molecule has 0 aliphatic rings. The normalized spacial score (nSPS) is 11.2. The molecule has 0 fully saturated rings. The van der Waals surface area contributed by atoms with Gasteiger partial charge in [0, 0.05) is 30.7 Å². The monoisotopic (exact) mass is 430 g/mol. The van der Waals surface area contributed by atoms with E-state index >= 15 is 0 Å². The lowest BCUT2D eigenvalue weighted by atomic mass is 10.0. The summed E-state index contributed by atoms with van der Waals surface area (Å²) in [4.78, 5) is 20.5. The Morgan fingerprint density at radius 2 is 1.84 bits per heavy atom. The average molecular weight is 431 g/mol. The second kappa shape index (κ2) is 7.85. The number of carbonyl (C=O) groups is 1. The summed E-state index contributed by atoms with van der Waals surface area (Å²) in [7, 11) is 1.86. The van der Waals surface area contributed by atoms with Crippen LogP contribution in [0.2, 0.25) is 0 Å². The van der Waals surface area contributed by atoms with Crippen LogP contribution in [0.4, 0.5) is 9.52 Å². The van der Waals surface area contributed by atoms with Crippen LogP contribution >= 0.6 is 11.3 Å². The number of aromatic nitrogens is 2. The highest BCUT2D eigenvalue weighted by atomic mass is 32.1. The van der Waals surface area contributed by atoms with Crippen molar-refractivity contribution in [3.8, 4) is 11.1 Å². The Morgan fingerprint density at radius 1 is 1.06 bits per heavy atom. The third-order valence-corrected chi connectivity index (χ3v) is 6.26. The number of carbonyl (C=O) groups excluding carboxylic acids is 1. The molecule has 0 spiro atoms. The zero-order valence-electron chi connectivity index (χ0n) is 16.7. The Labute approximate surface area is 181 Å². The van der Waals surface area contributed by atoms with E-state index in [9.17, 15) is 9.18 Å². The van der Waals surface area contributed by atoms with Gasteiger partial charge in [0.05, 0.1) is 15.8 Å². The van der Waals surface area contributed by atoms with Gasteiger partial charge in [-0.1, -0.05) is 35.6 Å². The van der Waals surface area contributed by atoms with Crippen molar-refractivity contribution in [1.82, 2.24) is 15.3 Å². The fourth-order valence-corrected chi connectivity index (χ4v) is 4.44. The maximum absolute atomic E-state index is 13.1. The minimum atomic E-state index is -0.294. The Morgan fingerprint density at radius 3 is 2.65 bits per heavy atom. The fraction of sp³-hybridized carbons (Fsp3) is 0.0833. The van der Waals surface area contributed by atoms with Gasteiger partial charge < -0.3 is 15.6 Å². The molecule has 0 atom stereocenters. The van der Waals surface area contributed by atoms with Crippen molar-refractivity contribution in [2.24, 2.45) is 0 Å². The highest BCUT2D eigenvalue weighted by Crippen LogP contribution is 2.32. The second-order valence-electron chi connectivity index (χ2n) is 7.22. The minimum Gasteiger partial charge on any atom is -0.365 e. The average Bonchev–Trinajstić information content (AvgIpc) is 3.41. The maximum Gasteiger partial charge on any atom is 0.253 e. The summed E-state index contributed by atoms with van der Waals surface area (Å²) in [6, 6.07) is 18.3. The van der Waals surface area contributed by atoms with Crippen molar-refractivity contribution in [1.29, 1.82) is 0 Å². The minimum absolute atomic E-state index is 0.177. The molecule has 1 amide bonds. The predicted octanol–water partition coefficient (Wildman–Crippen LogP) is 5.56. The second-order valence-corrected chi connectivity index (χ2v) is 8.25. The van der Waals surface area contributed by atoms with Crippen LogP contribution in [0, 0.1) is 5.82 Å². The van der Waals surface area contributed by atoms with Crippen molar-refractivity contribution in [2.45, 2.75) is 6.54 Å². The van der Waals surface area contributed by atoms with E-state index in [1.165, 1.54) is 12.1 Å². The number of amides is 1. The predicted molar refractivity (Wildman–Crippen MR) is 124 cm³/mol. The van der Waals surface area contributed by atoms with Crippen LogP contribution in [0.25, 0.3) is 32.2 Å². The number of H-pyrrole nitrogens is 1. The molecule has 3 aromatic carbocycles. The summed E-state index contributed by atoms with van der Waals surface area (Å²) in [6.45, 7) is 0.335. The topological polar surface area (TPSA) is 69.8 Å². The summed E-state index contributed by atoms with van der Waals surface area (Å²) in [5.41, 5.74) is 5.37. The Hall–Kier alpha value is -3.71. The fourth-order valence-electron chi connectivity index (χ4n) is 3.58. The number of aromatic amines is 1. The molecule has 5 nitrogen and oxygen atoms in total. The molecule has 2 aromatic heterocycles. The van der Waals surface area contributed by atoms with Crippen LogP contribution in [-0.2, 0) is 6.54 Å². The molecule has 0 aliphatic heterocycles. The van der Waals surface area contributed by atoms with Gasteiger partial charge >= 0.3 is 0 Å². The highest BCUT2D eigenvalue weighted by molar-refractivity contribution is 7.22. The van der Waals surface area contributed by atoms with Crippen molar-refractivity contribution >= 4 is 43.5 Å². The van der Waals surface area contributed by atoms with E-state index in [1.54, 1.807) is 29.7 Å². The number of fused-ring (bicyclic) bond motifs is 2. The number of benzene rings is 3. The third kappa shape index (κ3) is 3.75. The lowest BCUT2D eigenvalue weighted by molar-refractivity contribution is 0.0952. The van der Waals surface area contributed by atoms with Gasteiger partial charge in [-0.15, -0.1) is 0 Å². The molecule has 0 unspecified atom stereocenters. The van der Waals surface area contributed by atoms with Crippen LogP contribution in [0.1, 0.15) is 15.9 Å². The molecule has 0 bridgehead atoms. The first-order valence-electron chi connectivity index (χ1n) is 9.83. The van der Waals surface area contributed by atoms with E-state index in [2.05, 4.69) is 26.7 Å². The molecule has 31 heavy (non-hydrogen) atoms. The van der Waals surface area contributed by atoms with Crippen LogP contribution in [0.15, 0.2) is 66.9 Å². The molecule has 3 N–H and O–H groups in total. The standard InChI is InChI=1S/C24H19FN4OS/c1-26-24-29-21-9-5-16(11-22(21)31-24)15-4-8-20-18(10-15)19(13-27-20)23(30)28-12-14-2-6-17(25)7-3-14/h2-11,13,27H,12H2,1H3,(H,26,29)(H,28,30). The molecule has 7 heteroatoms. The van der Waals surface area contributed by atoms with Crippen molar-refractivity contribution in [3.63, 3.8) is 0 Å². The number of hydrogen-bond acceptors (Lipinski definition) is 4. The largest absolute Gasteiger partial charge is 0.365 e. The molecule has 2 heterocycles. The molecule has 5 aromatic rings. The number of hydrogen-bond donors (Lipinski definition) is 3. The van der Waals surface area contributed by atoms with E-state index in [0.29, 0.717) is 12.1 Å². The molecule has 0 saturated carbocycles. The third-order valence-electron chi connectivity index (χ3n) is 5.23. The highest BCUT2D eigenvalue weighted by Gasteiger charge is 2.13. The number of halogens is 1. The summed E-state index contributed by atoms with van der Waals surface area (Å²) < 4.78 is 14.2. The number of thiazole rings is 1. The number of nitrogens with one attached hydrogen (secondary N) is 3. The van der Waals surface area contributed by atoms with E-state index < -0.39 is 0 Å². The number of rotatable bonds is 5. The van der Waals surface area contributed by atoms with Crippen molar-refractivity contribution < 1.29 is 9.18 Å². The quantitative estimate of drug-likeness (QED) is 0.342. The van der Waals surface area contributed by atoms with E-state index in [-0.39, 0.29) is 11.7 Å². The lowest BCUT2D eigenvalue weighted by Gasteiger charge is -2.06. The van der Waals surface area contributed by atoms with Gasteiger partial charge in [0.25, 0.3) is 5.91 Å². The van der Waals surface area contributed by atoms with Crippen LogP contribution in [-0.4, -0.2) is 22.9 Å². The molecule has 0 aliphatic carbocycles. The summed E-state index contributed by atoms with van der Waals surface area (Å²) in [5.74, 6) is -0.470. The summed E-state index contributed by atoms with van der Waals surface area (Å²) in [5, 5.41) is 7.73. The Bertz CT molecular complexity index is 1400. The van der Waals surface area contributed by atoms with Crippen LogP contribution < -0.4 is 10.6 Å². The number of anilines is 1. The van der Waals surface area contributed by atoms with E-state index in [0.717, 1.165) is 42.9 Å². The van der Waals surface area contributed by atoms with Crippen LogP contribution in [0.3, 0.4) is 0 Å². The van der Waals surface area contributed by atoms with Gasteiger partial charge in [0.2, 0.25) is 0 Å². The smallest absolute Gasteiger partial charge is 0.253 e. The van der Waals surface area contributed by atoms with Crippen molar-refractivity contribution in [2.75, 3.05) is 12.4 Å². The van der Waals surface area contributed by atoms with Gasteiger partial charge in [-0.05, 0) is 53.1 Å². The Balaban J connectivity index is 1.43. The van der Waals surface area contributed by atoms with Gasteiger partial charge in [0.1, 0.15) is 5.82 Å². The first-order chi connectivity index (χ1) is 15.1. The zero-order valence-corrected chi connectivity index (χ0v) is 17.5. The van der Waals surface area contributed by atoms with Crippen LogP contribution in [0.5, 0.6) is 0 Å². The Kier molecular flexibility index (Phi) is 4.88. The molecule has 0 radical (unpaired) electrons. The SMILES string of the molecule is CNc1nc2ccc(-c3ccc4[nH]cc(C(=O)NCc5ccc(F)cc5)c4c3)cc2s1. The molecular formula is C24H19FN4OS. The molecule has 5 rings (SSSR count). The van der Waals surface area contributed by atoms with Gasteiger partial charge in [-0.3, -0.25) is 4.79 Å². The first-order valence-corrected chi connectivity index (χ1v) is 10.6. The van der Waals surface area contributed by atoms with Gasteiger partial charge in [0.15, 0.2) is 5.13 Å². The molecule has 0 saturated heterocycles. The van der Waals surface area contributed by atoms with Gasteiger partial charge in [-0.2, -0.15) is 0 Å².